The third-order valence-electron chi connectivity index (χ3n) is 3.61. The van der Waals surface area contributed by atoms with Crippen LogP contribution in [0, 0.1) is 0 Å². The lowest BCUT2D eigenvalue weighted by Gasteiger charge is -2.08. The molecule has 0 heterocycles. The molecule has 3 aromatic carbocycles. The molecule has 0 spiro atoms. The number of thioether (sulfide) groups is 1. The first kappa shape index (κ1) is 19.1. The molecular weight excluding hydrogens is 409 g/mol. The summed E-state index contributed by atoms with van der Waals surface area (Å²) in [4.78, 5) is 13.4. The molecule has 26 heavy (non-hydrogen) atoms. The summed E-state index contributed by atoms with van der Waals surface area (Å²) < 4.78 is 0. The van der Waals surface area contributed by atoms with Gasteiger partial charge in [0.05, 0.1) is 10.0 Å². The quantitative estimate of drug-likeness (QED) is 0.441. The lowest BCUT2D eigenvalue weighted by atomic mass is 10.2. The van der Waals surface area contributed by atoms with E-state index >= 15 is 0 Å². The third kappa shape index (κ3) is 5.18. The van der Waals surface area contributed by atoms with Crippen LogP contribution in [0.15, 0.2) is 71.6 Å². The Labute approximate surface area is 171 Å². The van der Waals surface area contributed by atoms with Gasteiger partial charge in [-0.2, -0.15) is 0 Å². The molecule has 1 N–H and O–H groups in total. The first-order valence-corrected chi connectivity index (χ1v) is 9.87. The fourth-order valence-electron chi connectivity index (χ4n) is 2.22. The summed E-state index contributed by atoms with van der Waals surface area (Å²) in [6.45, 7) is 0. The minimum atomic E-state index is -0.230. The second kappa shape index (κ2) is 8.83. The van der Waals surface area contributed by atoms with E-state index in [4.69, 9.17) is 34.8 Å². The van der Waals surface area contributed by atoms with E-state index in [2.05, 4.69) is 5.32 Å². The van der Waals surface area contributed by atoms with Gasteiger partial charge in [0.1, 0.15) is 0 Å². The van der Waals surface area contributed by atoms with Crippen LogP contribution in [0.3, 0.4) is 0 Å². The Bertz CT molecular complexity index is 911. The molecule has 0 aliphatic heterocycles. The van der Waals surface area contributed by atoms with Gasteiger partial charge in [0.15, 0.2) is 0 Å². The summed E-state index contributed by atoms with van der Waals surface area (Å²) in [5.41, 5.74) is 2.35. The van der Waals surface area contributed by atoms with Crippen LogP contribution >= 0.6 is 46.6 Å². The van der Waals surface area contributed by atoms with Crippen LogP contribution in [0.4, 0.5) is 5.69 Å². The average Bonchev–Trinajstić information content (AvgIpc) is 2.64. The van der Waals surface area contributed by atoms with E-state index in [1.807, 2.05) is 48.5 Å². The van der Waals surface area contributed by atoms with Crippen LogP contribution in [0.2, 0.25) is 15.1 Å². The van der Waals surface area contributed by atoms with Gasteiger partial charge < -0.3 is 5.32 Å². The van der Waals surface area contributed by atoms with Gasteiger partial charge in [-0.1, -0.05) is 46.9 Å². The highest BCUT2D eigenvalue weighted by Crippen LogP contribution is 2.25. The lowest BCUT2D eigenvalue weighted by molar-refractivity contribution is 0.102. The van der Waals surface area contributed by atoms with Crippen LogP contribution in [0.25, 0.3) is 0 Å². The largest absolute Gasteiger partial charge is 0.322 e. The fourth-order valence-corrected chi connectivity index (χ4v) is 3.50. The summed E-state index contributed by atoms with van der Waals surface area (Å²) >= 11 is 19.4. The summed E-state index contributed by atoms with van der Waals surface area (Å²) in [5, 5.41) is 4.36. The Hall–Kier alpha value is -1.65. The molecule has 0 aliphatic rings. The number of amides is 1. The standard InChI is InChI=1S/C20H14Cl3NOS/c21-15-4-8-17(9-5-15)26-12-13-1-6-16(7-2-13)24-20(25)14-3-10-18(22)19(23)11-14/h1-11H,12H2,(H,24,25). The van der Waals surface area contributed by atoms with Gasteiger partial charge in [0.2, 0.25) is 0 Å². The number of rotatable bonds is 5. The third-order valence-corrected chi connectivity index (χ3v) is 5.69. The molecule has 132 valence electrons. The Morgan fingerprint density at radius 1 is 0.846 bits per heavy atom. The van der Waals surface area contributed by atoms with Crippen molar-refractivity contribution in [1.29, 1.82) is 0 Å². The van der Waals surface area contributed by atoms with Crippen LogP contribution in [0.1, 0.15) is 15.9 Å². The number of carbonyl (C=O) groups is 1. The van der Waals surface area contributed by atoms with Crippen molar-refractivity contribution in [3.63, 3.8) is 0 Å². The highest BCUT2D eigenvalue weighted by molar-refractivity contribution is 7.98. The number of hydrogen-bond acceptors (Lipinski definition) is 2. The van der Waals surface area contributed by atoms with E-state index in [1.165, 1.54) is 0 Å². The van der Waals surface area contributed by atoms with E-state index in [9.17, 15) is 4.79 Å². The van der Waals surface area contributed by atoms with Crippen molar-refractivity contribution in [2.75, 3.05) is 5.32 Å². The van der Waals surface area contributed by atoms with Crippen LogP contribution in [-0.2, 0) is 5.75 Å². The molecule has 1 amide bonds. The molecule has 0 aromatic heterocycles. The molecule has 0 aliphatic carbocycles. The molecule has 3 rings (SSSR count). The van der Waals surface area contributed by atoms with Gasteiger partial charge in [-0.05, 0) is 60.2 Å². The average molecular weight is 423 g/mol. The van der Waals surface area contributed by atoms with Crippen molar-refractivity contribution in [3.8, 4) is 0 Å². The molecule has 0 fully saturated rings. The fraction of sp³-hybridized carbons (Fsp3) is 0.0500. The molecule has 0 atom stereocenters. The molecule has 2 nitrogen and oxygen atoms in total. The van der Waals surface area contributed by atoms with Crippen molar-refractivity contribution >= 4 is 58.2 Å². The number of hydrogen-bond donors (Lipinski definition) is 1. The first-order chi connectivity index (χ1) is 12.5. The minimum absolute atomic E-state index is 0.230. The highest BCUT2D eigenvalue weighted by atomic mass is 35.5. The zero-order chi connectivity index (χ0) is 18.5. The van der Waals surface area contributed by atoms with Crippen molar-refractivity contribution in [1.82, 2.24) is 0 Å². The predicted molar refractivity (Wildman–Crippen MR) is 112 cm³/mol. The summed E-state index contributed by atoms with van der Waals surface area (Å²) in [6.07, 6.45) is 0. The van der Waals surface area contributed by atoms with Crippen molar-refractivity contribution in [2.45, 2.75) is 10.6 Å². The maximum absolute atomic E-state index is 12.3. The summed E-state index contributed by atoms with van der Waals surface area (Å²) in [5.74, 6) is 0.606. The Morgan fingerprint density at radius 3 is 2.19 bits per heavy atom. The lowest BCUT2D eigenvalue weighted by Crippen LogP contribution is -2.11. The molecule has 0 saturated carbocycles. The number of carbonyl (C=O) groups excluding carboxylic acids is 1. The molecule has 0 unspecified atom stereocenters. The van der Waals surface area contributed by atoms with Gasteiger partial charge in [-0.25, -0.2) is 0 Å². The zero-order valence-corrected chi connectivity index (χ0v) is 16.6. The first-order valence-electron chi connectivity index (χ1n) is 7.75. The van der Waals surface area contributed by atoms with Crippen molar-refractivity contribution < 1.29 is 4.79 Å². The van der Waals surface area contributed by atoms with E-state index in [0.717, 1.165) is 26.9 Å². The van der Waals surface area contributed by atoms with E-state index in [1.54, 1.807) is 30.0 Å². The van der Waals surface area contributed by atoms with Gasteiger partial charge >= 0.3 is 0 Å². The molecule has 3 aromatic rings. The summed E-state index contributed by atoms with van der Waals surface area (Å²) in [6, 6.07) is 20.3. The SMILES string of the molecule is O=C(Nc1ccc(CSc2ccc(Cl)cc2)cc1)c1ccc(Cl)c(Cl)c1. The Kier molecular flexibility index (Phi) is 6.49. The maximum atomic E-state index is 12.3. The van der Waals surface area contributed by atoms with Gasteiger partial charge in [-0.3, -0.25) is 4.79 Å². The number of anilines is 1. The van der Waals surface area contributed by atoms with Crippen LogP contribution < -0.4 is 5.32 Å². The highest BCUT2D eigenvalue weighted by Gasteiger charge is 2.08. The van der Waals surface area contributed by atoms with E-state index < -0.39 is 0 Å². The summed E-state index contributed by atoms with van der Waals surface area (Å²) in [7, 11) is 0. The molecule has 6 heteroatoms. The van der Waals surface area contributed by atoms with Gasteiger partial charge in [0, 0.05) is 26.9 Å². The molecule has 0 bridgehead atoms. The van der Waals surface area contributed by atoms with E-state index in [0.29, 0.717) is 15.6 Å². The number of halogens is 3. The zero-order valence-electron chi connectivity index (χ0n) is 13.5. The van der Waals surface area contributed by atoms with Gasteiger partial charge in [0.25, 0.3) is 5.91 Å². The van der Waals surface area contributed by atoms with Crippen molar-refractivity contribution in [2.24, 2.45) is 0 Å². The normalized spacial score (nSPS) is 10.6. The van der Waals surface area contributed by atoms with E-state index in [-0.39, 0.29) is 5.91 Å². The number of nitrogens with one attached hydrogen (secondary N) is 1. The molecule has 0 saturated heterocycles. The smallest absolute Gasteiger partial charge is 0.255 e. The second-order valence-electron chi connectivity index (χ2n) is 5.52. The second-order valence-corrected chi connectivity index (χ2v) is 7.82. The Balaban J connectivity index is 1.59. The van der Waals surface area contributed by atoms with Crippen molar-refractivity contribution in [3.05, 3.63) is 92.9 Å². The Morgan fingerprint density at radius 2 is 1.54 bits per heavy atom. The topological polar surface area (TPSA) is 29.1 Å². The minimum Gasteiger partial charge on any atom is -0.322 e. The van der Waals surface area contributed by atoms with Crippen LogP contribution in [-0.4, -0.2) is 5.91 Å². The van der Waals surface area contributed by atoms with Crippen LogP contribution in [0.5, 0.6) is 0 Å². The predicted octanol–water partition coefficient (Wildman–Crippen LogP) is 7.19. The number of benzene rings is 3. The molecular formula is C20H14Cl3NOS. The molecule has 0 radical (unpaired) electrons. The maximum Gasteiger partial charge on any atom is 0.255 e. The van der Waals surface area contributed by atoms with Gasteiger partial charge in [-0.15, -0.1) is 11.8 Å². The monoisotopic (exact) mass is 421 g/mol.